The van der Waals surface area contributed by atoms with Crippen molar-refractivity contribution in [1.29, 1.82) is 0 Å². The molecule has 5 nitrogen and oxygen atoms in total. The van der Waals surface area contributed by atoms with E-state index in [4.69, 9.17) is 16.3 Å². The van der Waals surface area contributed by atoms with E-state index in [1.54, 1.807) is 0 Å². The first-order valence-corrected chi connectivity index (χ1v) is 5.91. The maximum absolute atomic E-state index is 11.4. The molecule has 1 fully saturated rings. The molecule has 0 aliphatic carbocycles. The molecule has 1 aliphatic rings. The molecule has 0 spiro atoms. The van der Waals surface area contributed by atoms with Gasteiger partial charge in [-0.2, -0.15) is 0 Å². The molecule has 1 aliphatic heterocycles. The average Bonchev–Trinajstić information content (AvgIpc) is 2.35. The summed E-state index contributed by atoms with van der Waals surface area (Å²) in [6.45, 7) is 2.84. The number of piperidine rings is 1. The summed E-state index contributed by atoms with van der Waals surface area (Å²) in [5, 5.41) is 11.3. The molecule has 2 N–H and O–H groups in total. The Balaban J connectivity index is 2.14. The van der Waals surface area contributed by atoms with E-state index in [0.717, 1.165) is 25.9 Å². The topological polar surface area (TPSA) is 61.8 Å². The van der Waals surface area contributed by atoms with Crippen LogP contribution in [0.2, 0.25) is 0 Å². The molecule has 0 atom stereocenters. The van der Waals surface area contributed by atoms with Gasteiger partial charge in [0.1, 0.15) is 0 Å². The Morgan fingerprint density at radius 3 is 2.82 bits per heavy atom. The number of hydrogen-bond acceptors (Lipinski definition) is 4. The van der Waals surface area contributed by atoms with Crippen LogP contribution in [0, 0.1) is 12.3 Å². The number of ether oxygens (including phenoxy) is 1. The molecule has 96 valence electrons. The van der Waals surface area contributed by atoms with Gasteiger partial charge in [0.15, 0.2) is 0 Å². The van der Waals surface area contributed by atoms with Crippen LogP contribution in [-0.2, 0) is 9.53 Å². The normalized spacial score (nSPS) is 17.6. The summed E-state index contributed by atoms with van der Waals surface area (Å²) in [6, 6.07) is 0. The number of nitrogens with zero attached hydrogens (tertiary/aromatic N) is 1. The van der Waals surface area contributed by atoms with E-state index in [0.29, 0.717) is 13.2 Å². The van der Waals surface area contributed by atoms with E-state index >= 15 is 0 Å². The van der Waals surface area contributed by atoms with Gasteiger partial charge in [-0.05, 0) is 12.8 Å². The van der Waals surface area contributed by atoms with Crippen LogP contribution in [0.25, 0.3) is 0 Å². The van der Waals surface area contributed by atoms with Crippen molar-refractivity contribution >= 4 is 5.91 Å². The van der Waals surface area contributed by atoms with Crippen LogP contribution in [-0.4, -0.2) is 61.4 Å². The number of rotatable bonds is 6. The van der Waals surface area contributed by atoms with Gasteiger partial charge in [-0.25, -0.2) is 0 Å². The van der Waals surface area contributed by atoms with Crippen LogP contribution >= 0.6 is 0 Å². The van der Waals surface area contributed by atoms with Crippen LogP contribution < -0.4 is 5.32 Å². The Morgan fingerprint density at radius 2 is 2.24 bits per heavy atom. The fourth-order valence-electron chi connectivity index (χ4n) is 1.86. The number of aliphatic hydroxyl groups excluding tert-OH is 1. The zero-order valence-corrected chi connectivity index (χ0v) is 10.0. The first-order valence-electron chi connectivity index (χ1n) is 5.91. The fraction of sp³-hybridized carbons (Fsp3) is 0.750. The third-order valence-electron chi connectivity index (χ3n) is 2.73. The van der Waals surface area contributed by atoms with E-state index in [2.05, 4.69) is 16.1 Å². The quantitative estimate of drug-likeness (QED) is 0.597. The van der Waals surface area contributed by atoms with Crippen LogP contribution in [0.5, 0.6) is 0 Å². The highest BCUT2D eigenvalue weighted by Gasteiger charge is 2.20. The van der Waals surface area contributed by atoms with Gasteiger partial charge >= 0.3 is 0 Å². The highest BCUT2D eigenvalue weighted by molar-refractivity contribution is 5.78. The van der Waals surface area contributed by atoms with Crippen molar-refractivity contribution < 1.29 is 14.6 Å². The first-order chi connectivity index (χ1) is 8.26. The van der Waals surface area contributed by atoms with Crippen molar-refractivity contribution in [3.63, 3.8) is 0 Å². The van der Waals surface area contributed by atoms with Crippen molar-refractivity contribution in [3.05, 3.63) is 0 Å². The summed E-state index contributed by atoms with van der Waals surface area (Å²) < 4.78 is 5.45. The molecule has 1 heterocycles. The van der Waals surface area contributed by atoms with Crippen molar-refractivity contribution in [2.45, 2.75) is 18.9 Å². The molecule has 0 aromatic carbocycles. The zero-order chi connectivity index (χ0) is 12.5. The van der Waals surface area contributed by atoms with Gasteiger partial charge in [-0.15, -0.1) is 6.42 Å². The number of carbonyl (C=O) groups excluding carboxylic acids is 1. The van der Waals surface area contributed by atoms with Gasteiger partial charge in [-0.3, -0.25) is 9.69 Å². The maximum Gasteiger partial charge on any atom is 0.234 e. The van der Waals surface area contributed by atoms with Gasteiger partial charge in [0.05, 0.1) is 32.4 Å². The second kappa shape index (κ2) is 8.07. The summed E-state index contributed by atoms with van der Waals surface area (Å²) in [7, 11) is 0. The monoisotopic (exact) mass is 240 g/mol. The van der Waals surface area contributed by atoms with Gasteiger partial charge in [0, 0.05) is 13.1 Å². The summed E-state index contributed by atoms with van der Waals surface area (Å²) in [4.78, 5) is 13.5. The maximum atomic E-state index is 11.4. The summed E-state index contributed by atoms with van der Waals surface area (Å²) >= 11 is 0. The standard InChI is InChI=1S/C12H20N2O3/c1-2-5-13-12(16)10-14-6-3-11(4-7-14)17-9-8-15/h1,11,15H,3-10H2,(H,13,16). The Bertz CT molecular complexity index is 267. The van der Waals surface area contributed by atoms with Crippen molar-refractivity contribution in [2.75, 3.05) is 39.4 Å². The molecule has 0 aromatic rings. The number of hydrogen-bond donors (Lipinski definition) is 2. The third-order valence-corrected chi connectivity index (χ3v) is 2.73. The summed E-state index contributed by atoms with van der Waals surface area (Å²) in [6.07, 6.45) is 7.08. The second-order valence-electron chi connectivity index (χ2n) is 4.05. The van der Waals surface area contributed by atoms with Crippen molar-refractivity contribution in [1.82, 2.24) is 10.2 Å². The minimum atomic E-state index is -0.0299. The highest BCUT2D eigenvalue weighted by atomic mass is 16.5. The number of nitrogens with one attached hydrogen (secondary N) is 1. The van der Waals surface area contributed by atoms with Gasteiger partial charge in [0.2, 0.25) is 5.91 Å². The Labute approximate surface area is 102 Å². The average molecular weight is 240 g/mol. The number of likely N-dealkylation sites (tertiary alicyclic amines) is 1. The fourth-order valence-corrected chi connectivity index (χ4v) is 1.86. The second-order valence-corrected chi connectivity index (χ2v) is 4.05. The van der Waals surface area contributed by atoms with Crippen molar-refractivity contribution in [2.24, 2.45) is 0 Å². The summed E-state index contributed by atoms with van der Waals surface area (Å²) in [5.41, 5.74) is 0. The highest BCUT2D eigenvalue weighted by Crippen LogP contribution is 2.12. The van der Waals surface area contributed by atoms with E-state index < -0.39 is 0 Å². The van der Waals surface area contributed by atoms with Gasteiger partial charge in [-0.1, -0.05) is 5.92 Å². The first kappa shape index (κ1) is 14.0. The molecule has 17 heavy (non-hydrogen) atoms. The molecular formula is C12H20N2O3. The molecular weight excluding hydrogens is 220 g/mol. The lowest BCUT2D eigenvalue weighted by Gasteiger charge is -2.31. The molecule has 5 heteroatoms. The van der Waals surface area contributed by atoms with Gasteiger partial charge in [0.25, 0.3) is 0 Å². The van der Waals surface area contributed by atoms with Crippen LogP contribution in [0.15, 0.2) is 0 Å². The van der Waals surface area contributed by atoms with Crippen molar-refractivity contribution in [3.8, 4) is 12.3 Å². The number of aliphatic hydroxyl groups is 1. The SMILES string of the molecule is C#CCNC(=O)CN1CCC(OCCO)CC1. The lowest BCUT2D eigenvalue weighted by molar-refractivity contribution is -0.122. The van der Waals surface area contributed by atoms with Gasteiger partial charge < -0.3 is 15.2 Å². The summed E-state index contributed by atoms with van der Waals surface area (Å²) in [5.74, 6) is 2.34. The predicted octanol–water partition coefficient (Wildman–Crippen LogP) is -0.791. The lowest BCUT2D eigenvalue weighted by Crippen LogP contribution is -2.43. The smallest absolute Gasteiger partial charge is 0.234 e. The molecule has 1 saturated heterocycles. The third kappa shape index (κ3) is 5.68. The Kier molecular flexibility index (Phi) is 6.63. The van der Waals surface area contributed by atoms with E-state index in [1.807, 2.05) is 0 Å². The van der Waals surface area contributed by atoms with Crippen LogP contribution in [0.4, 0.5) is 0 Å². The molecule has 0 unspecified atom stereocenters. The predicted molar refractivity (Wildman–Crippen MR) is 64.3 cm³/mol. The lowest BCUT2D eigenvalue weighted by atomic mass is 10.1. The number of amides is 1. The van der Waals surface area contributed by atoms with E-state index in [1.165, 1.54) is 0 Å². The van der Waals surface area contributed by atoms with Crippen LogP contribution in [0.1, 0.15) is 12.8 Å². The molecule has 0 aromatic heterocycles. The number of terminal acetylenes is 1. The largest absolute Gasteiger partial charge is 0.394 e. The molecule has 0 radical (unpaired) electrons. The zero-order valence-electron chi connectivity index (χ0n) is 10.0. The molecule has 1 amide bonds. The Hall–Kier alpha value is -1.09. The molecule has 0 saturated carbocycles. The minimum absolute atomic E-state index is 0.0299. The Morgan fingerprint density at radius 1 is 1.53 bits per heavy atom. The van der Waals surface area contributed by atoms with E-state index in [9.17, 15) is 4.79 Å². The molecule has 1 rings (SSSR count). The number of carbonyl (C=O) groups is 1. The van der Waals surface area contributed by atoms with E-state index in [-0.39, 0.29) is 25.2 Å². The molecule has 0 bridgehead atoms. The minimum Gasteiger partial charge on any atom is -0.394 e. The van der Waals surface area contributed by atoms with Crippen LogP contribution in [0.3, 0.4) is 0 Å².